The molecule has 0 unspecified atom stereocenters. The number of hydrogen-bond donors (Lipinski definition) is 1. The van der Waals surface area contributed by atoms with E-state index >= 15 is 0 Å². The largest absolute Gasteiger partial charge is 0.340 e. The van der Waals surface area contributed by atoms with Crippen LogP contribution in [-0.4, -0.2) is 14.6 Å². The molecule has 1 N–H and O–H groups in total. The molecule has 4 rings (SSSR count). The number of benzene rings is 2. The Morgan fingerprint density at radius 1 is 0.917 bits per heavy atom. The number of aromatic nitrogens is 3. The highest BCUT2D eigenvalue weighted by Gasteiger charge is 2.12. The molecule has 0 aliphatic heterocycles. The summed E-state index contributed by atoms with van der Waals surface area (Å²) in [6.07, 6.45) is 1.88. The molecule has 118 valence electrons. The maximum absolute atomic E-state index is 4.70. The molecule has 0 saturated heterocycles. The molecular weight excluding hydrogens is 296 g/mol. The molecule has 4 heteroatoms. The predicted octanol–water partition coefficient (Wildman–Crippen LogP) is 4.76. The number of fused-ring (bicyclic) bond motifs is 1. The van der Waals surface area contributed by atoms with E-state index in [0.717, 1.165) is 34.0 Å². The summed E-state index contributed by atoms with van der Waals surface area (Å²) in [5, 5.41) is 7.97. The van der Waals surface area contributed by atoms with Crippen LogP contribution in [-0.2, 0) is 0 Å². The van der Waals surface area contributed by atoms with E-state index in [-0.39, 0.29) is 0 Å². The van der Waals surface area contributed by atoms with Gasteiger partial charge < -0.3 is 5.32 Å². The van der Waals surface area contributed by atoms with Crippen molar-refractivity contribution in [2.45, 2.75) is 13.8 Å². The van der Waals surface area contributed by atoms with Crippen molar-refractivity contribution < 1.29 is 0 Å². The van der Waals surface area contributed by atoms with E-state index in [1.165, 1.54) is 5.56 Å². The molecule has 4 nitrogen and oxygen atoms in total. The molecule has 0 aliphatic carbocycles. The molecule has 0 amide bonds. The smallest absolute Gasteiger partial charge is 0.165 e. The van der Waals surface area contributed by atoms with Crippen molar-refractivity contribution in [1.29, 1.82) is 0 Å². The molecule has 2 heterocycles. The van der Waals surface area contributed by atoms with E-state index in [4.69, 9.17) is 4.98 Å². The molecule has 0 fully saturated rings. The average Bonchev–Trinajstić information content (AvgIpc) is 3.00. The van der Waals surface area contributed by atoms with Crippen LogP contribution in [0.2, 0.25) is 0 Å². The van der Waals surface area contributed by atoms with Gasteiger partial charge in [-0.25, -0.2) is 4.98 Å². The van der Waals surface area contributed by atoms with Crippen LogP contribution in [0.3, 0.4) is 0 Å². The van der Waals surface area contributed by atoms with Crippen LogP contribution in [0.5, 0.6) is 0 Å². The zero-order valence-corrected chi connectivity index (χ0v) is 13.7. The number of aryl methyl sites for hydroxylation is 2. The fourth-order valence-corrected chi connectivity index (χ4v) is 2.78. The number of hydrogen-bond acceptors (Lipinski definition) is 3. The van der Waals surface area contributed by atoms with Gasteiger partial charge in [-0.15, -0.1) is 0 Å². The Labute approximate surface area is 140 Å². The van der Waals surface area contributed by atoms with Gasteiger partial charge in [0.25, 0.3) is 0 Å². The van der Waals surface area contributed by atoms with Crippen molar-refractivity contribution in [1.82, 2.24) is 14.6 Å². The summed E-state index contributed by atoms with van der Waals surface area (Å²) in [7, 11) is 0. The minimum atomic E-state index is 0.859. The predicted molar refractivity (Wildman–Crippen MR) is 97.6 cm³/mol. The Bertz CT molecular complexity index is 986. The van der Waals surface area contributed by atoms with E-state index in [2.05, 4.69) is 41.6 Å². The highest BCUT2D eigenvalue weighted by atomic mass is 15.3. The molecule has 0 spiro atoms. The van der Waals surface area contributed by atoms with Crippen molar-refractivity contribution in [2.24, 2.45) is 0 Å². The second-order valence-corrected chi connectivity index (χ2v) is 5.93. The fourth-order valence-electron chi connectivity index (χ4n) is 2.78. The van der Waals surface area contributed by atoms with Crippen LogP contribution in [0.25, 0.3) is 16.8 Å². The number of nitrogens with zero attached hydrogens (tertiary/aromatic N) is 3. The van der Waals surface area contributed by atoms with Gasteiger partial charge >= 0.3 is 0 Å². The topological polar surface area (TPSA) is 42.2 Å². The third-order valence-electron chi connectivity index (χ3n) is 4.01. The van der Waals surface area contributed by atoms with Gasteiger partial charge in [-0.2, -0.15) is 9.61 Å². The van der Waals surface area contributed by atoms with E-state index in [9.17, 15) is 0 Å². The lowest BCUT2D eigenvalue weighted by Crippen LogP contribution is -2.02. The second kappa shape index (κ2) is 5.81. The Kier molecular flexibility index (Phi) is 3.50. The lowest BCUT2D eigenvalue weighted by Gasteiger charge is -2.09. The van der Waals surface area contributed by atoms with E-state index in [0.29, 0.717) is 0 Å². The van der Waals surface area contributed by atoms with E-state index in [1.54, 1.807) is 0 Å². The zero-order chi connectivity index (χ0) is 16.5. The number of anilines is 2. The van der Waals surface area contributed by atoms with Crippen molar-refractivity contribution in [3.63, 3.8) is 0 Å². The normalized spacial score (nSPS) is 10.9. The maximum Gasteiger partial charge on any atom is 0.165 e. The summed E-state index contributed by atoms with van der Waals surface area (Å²) in [4.78, 5) is 4.70. The van der Waals surface area contributed by atoms with Crippen LogP contribution < -0.4 is 5.32 Å². The van der Waals surface area contributed by atoms with Gasteiger partial charge in [-0.05, 0) is 31.5 Å². The highest BCUT2D eigenvalue weighted by Crippen LogP contribution is 2.27. The SMILES string of the molecule is Cc1ccc(-c2cnn3c(Nc4ccccc4)cc(C)nc23)cc1. The minimum absolute atomic E-state index is 0.859. The van der Waals surface area contributed by atoms with Gasteiger partial charge in [0, 0.05) is 23.0 Å². The lowest BCUT2D eigenvalue weighted by molar-refractivity contribution is 0.938. The number of rotatable bonds is 3. The highest BCUT2D eigenvalue weighted by molar-refractivity contribution is 5.78. The first-order valence-electron chi connectivity index (χ1n) is 7.95. The minimum Gasteiger partial charge on any atom is -0.340 e. The first-order valence-corrected chi connectivity index (χ1v) is 7.95. The summed E-state index contributed by atoms with van der Waals surface area (Å²) < 4.78 is 1.86. The van der Waals surface area contributed by atoms with Gasteiger partial charge in [-0.1, -0.05) is 48.0 Å². The summed E-state index contributed by atoms with van der Waals surface area (Å²) in [6, 6.07) is 20.5. The Hall–Kier alpha value is -3.14. The van der Waals surface area contributed by atoms with Gasteiger partial charge in [0.2, 0.25) is 0 Å². The van der Waals surface area contributed by atoms with Gasteiger partial charge in [0.15, 0.2) is 5.65 Å². The standard InChI is InChI=1S/C20H18N4/c1-14-8-10-16(11-9-14)18-13-21-24-19(12-15(2)22-20(18)24)23-17-6-4-3-5-7-17/h3-13,23H,1-2H3. The van der Waals surface area contributed by atoms with Gasteiger partial charge in [-0.3, -0.25) is 0 Å². The van der Waals surface area contributed by atoms with Crippen LogP contribution in [0, 0.1) is 13.8 Å². The maximum atomic E-state index is 4.70. The van der Waals surface area contributed by atoms with E-state index < -0.39 is 0 Å². The van der Waals surface area contributed by atoms with Crippen molar-refractivity contribution >= 4 is 17.2 Å². The third kappa shape index (κ3) is 2.63. The van der Waals surface area contributed by atoms with Crippen molar-refractivity contribution in [2.75, 3.05) is 5.32 Å². The molecule has 0 saturated carbocycles. The zero-order valence-electron chi connectivity index (χ0n) is 13.7. The third-order valence-corrected chi connectivity index (χ3v) is 4.01. The molecule has 2 aromatic carbocycles. The number of para-hydroxylation sites is 1. The Morgan fingerprint density at radius 2 is 1.67 bits per heavy atom. The van der Waals surface area contributed by atoms with Crippen LogP contribution in [0.15, 0.2) is 66.9 Å². The molecule has 2 aromatic heterocycles. The molecule has 24 heavy (non-hydrogen) atoms. The van der Waals surface area contributed by atoms with E-state index in [1.807, 2.05) is 54.0 Å². The summed E-state index contributed by atoms with van der Waals surface area (Å²) in [5.74, 6) is 0.905. The average molecular weight is 314 g/mol. The monoisotopic (exact) mass is 314 g/mol. The van der Waals surface area contributed by atoms with Gasteiger partial charge in [0.1, 0.15) is 5.82 Å². The molecular formula is C20H18N4. The van der Waals surface area contributed by atoms with Crippen molar-refractivity contribution in [3.05, 3.63) is 78.1 Å². The van der Waals surface area contributed by atoms with Crippen LogP contribution >= 0.6 is 0 Å². The molecule has 0 radical (unpaired) electrons. The molecule has 0 aliphatic rings. The van der Waals surface area contributed by atoms with Gasteiger partial charge in [0.05, 0.1) is 6.20 Å². The summed E-state index contributed by atoms with van der Waals surface area (Å²) in [5.41, 5.74) is 6.24. The van der Waals surface area contributed by atoms with Crippen LogP contribution in [0.4, 0.5) is 11.5 Å². The number of nitrogens with one attached hydrogen (secondary N) is 1. The quantitative estimate of drug-likeness (QED) is 0.593. The molecule has 0 atom stereocenters. The summed E-state index contributed by atoms with van der Waals surface area (Å²) in [6.45, 7) is 4.09. The first kappa shape index (κ1) is 14.5. The second-order valence-electron chi connectivity index (χ2n) is 5.93. The summed E-state index contributed by atoms with van der Waals surface area (Å²) >= 11 is 0. The van der Waals surface area contributed by atoms with Crippen LogP contribution in [0.1, 0.15) is 11.3 Å². The fraction of sp³-hybridized carbons (Fsp3) is 0.100. The first-order chi connectivity index (χ1) is 11.7. The van der Waals surface area contributed by atoms with Crippen molar-refractivity contribution in [3.8, 4) is 11.1 Å². The Balaban J connectivity index is 1.84. The Morgan fingerprint density at radius 3 is 2.42 bits per heavy atom. The molecule has 0 bridgehead atoms. The molecule has 4 aromatic rings. The lowest BCUT2D eigenvalue weighted by atomic mass is 10.1.